The van der Waals surface area contributed by atoms with Crippen LogP contribution in [0.4, 0.5) is 8.78 Å². The van der Waals surface area contributed by atoms with Crippen LogP contribution in [-0.4, -0.2) is 54.3 Å². The van der Waals surface area contributed by atoms with Crippen molar-refractivity contribution in [3.8, 4) is 5.69 Å². The van der Waals surface area contributed by atoms with Gasteiger partial charge in [-0.15, -0.1) is 5.10 Å². The molecule has 1 fully saturated rings. The van der Waals surface area contributed by atoms with E-state index in [2.05, 4.69) is 15.5 Å². The maximum Gasteiger partial charge on any atom is 0.270 e. The highest BCUT2D eigenvalue weighted by Gasteiger charge is 2.33. The number of hydrazine groups is 1. The summed E-state index contributed by atoms with van der Waals surface area (Å²) in [5.74, 6) is -2.45. The average molecular weight is 435 g/mol. The fourth-order valence-electron chi connectivity index (χ4n) is 3.45. The van der Waals surface area contributed by atoms with Crippen molar-refractivity contribution in [2.45, 2.75) is 19.1 Å². The van der Waals surface area contributed by atoms with Gasteiger partial charge in [0.05, 0.1) is 5.69 Å². The summed E-state index contributed by atoms with van der Waals surface area (Å²) in [4.78, 5) is 12.9. The minimum atomic E-state index is -1.75. The number of carbonyl (C=O) groups is 1. The maximum atomic E-state index is 14.0. The highest BCUT2D eigenvalue weighted by Crippen LogP contribution is 2.26. The van der Waals surface area contributed by atoms with Crippen molar-refractivity contribution in [3.63, 3.8) is 0 Å². The molecule has 0 radical (unpaired) electrons. The quantitative estimate of drug-likeness (QED) is 0.663. The Morgan fingerprint density at radius 3 is 2.77 bits per heavy atom. The zero-order valence-corrected chi connectivity index (χ0v) is 16.4. The van der Waals surface area contributed by atoms with Crippen molar-refractivity contribution in [1.29, 1.82) is 0 Å². The van der Waals surface area contributed by atoms with Gasteiger partial charge in [-0.05, 0) is 46.7 Å². The van der Waals surface area contributed by atoms with Crippen molar-refractivity contribution in [3.05, 3.63) is 70.5 Å². The highest BCUT2D eigenvalue weighted by atomic mass is 35.5. The molecule has 0 aliphatic carbocycles. The Morgan fingerprint density at radius 2 is 2.03 bits per heavy atom. The fourth-order valence-corrected chi connectivity index (χ4v) is 3.64. The van der Waals surface area contributed by atoms with Crippen LogP contribution in [-0.2, 0) is 11.3 Å². The standard InChI is InChI=1S/C19H17ClF2N6O2/c20-13-2-5-17(27-11-23-24-25-27)12(8-13)10-26-6-1-7-28(26)19(30)18(29)15-4-3-14(21)9-16(15)22/h2-5,8-9,11,18,29H,1,6-7,10H2/t18-/m0/s1. The number of nitrogens with zero attached hydrogens (tertiary/aromatic N) is 6. The second-order valence-electron chi connectivity index (χ2n) is 6.80. The van der Waals surface area contributed by atoms with Gasteiger partial charge in [0.2, 0.25) is 0 Å². The average Bonchev–Trinajstić information content (AvgIpc) is 3.39. The summed E-state index contributed by atoms with van der Waals surface area (Å²) in [6.07, 6.45) is 0.371. The molecule has 11 heteroatoms. The van der Waals surface area contributed by atoms with Gasteiger partial charge in [0, 0.05) is 36.3 Å². The van der Waals surface area contributed by atoms with E-state index in [0.717, 1.165) is 17.7 Å². The lowest BCUT2D eigenvalue weighted by Crippen LogP contribution is -2.43. The van der Waals surface area contributed by atoms with E-state index in [1.54, 1.807) is 23.2 Å². The Balaban J connectivity index is 1.57. The molecule has 1 aliphatic heterocycles. The molecule has 30 heavy (non-hydrogen) atoms. The number of aliphatic hydroxyl groups excluding tert-OH is 1. The molecular formula is C19H17ClF2N6O2. The first-order valence-corrected chi connectivity index (χ1v) is 9.53. The van der Waals surface area contributed by atoms with E-state index < -0.39 is 23.6 Å². The van der Waals surface area contributed by atoms with Gasteiger partial charge in [-0.3, -0.25) is 9.80 Å². The van der Waals surface area contributed by atoms with E-state index in [1.807, 2.05) is 0 Å². The molecule has 1 amide bonds. The van der Waals surface area contributed by atoms with Gasteiger partial charge < -0.3 is 5.11 Å². The first-order chi connectivity index (χ1) is 14.4. The molecule has 8 nitrogen and oxygen atoms in total. The van der Waals surface area contributed by atoms with Gasteiger partial charge in [0.25, 0.3) is 5.91 Å². The number of benzene rings is 2. The van der Waals surface area contributed by atoms with Crippen LogP contribution >= 0.6 is 11.6 Å². The zero-order valence-electron chi connectivity index (χ0n) is 15.6. The molecule has 1 aromatic heterocycles. The number of rotatable bonds is 5. The predicted octanol–water partition coefficient (Wildman–Crippen LogP) is 2.28. The number of halogens is 3. The molecule has 1 saturated heterocycles. The topological polar surface area (TPSA) is 87.4 Å². The number of carbonyl (C=O) groups excluding carboxylic acids is 1. The van der Waals surface area contributed by atoms with E-state index in [0.29, 0.717) is 42.8 Å². The predicted molar refractivity (Wildman–Crippen MR) is 102 cm³/mol. The summed E-state index contributed by atoms with van der Waals surface area (Å²) in [6, 6.07) is 7.92. The van der Waals surface area contributed by atoms with Crippen LogP contribution in [0.3, 0.4) is 0 Å². The van der Waals surface area contributed by atoms with Crippen LogP contribution in [0.1, 0.15) is 23.7 Å². The van der Waals surface area contributed by atoms with Crippen LogP contribution in [0.15, 0.2) is 42.7 Å². The summed E-state index contributed by atoms with van der Waals surface area (Å²) >= 11 is 6.15. The Kier molecular flexibility index (Phi) is 5.71. The van der Waals surface area contributed by atoms with E-state index in [1.165, 1.54) is 16.0 Å². The fraction of sp³-hybridized carbons (Fsp3) is 0.263. The summed E-state index contributed by atoms with van der Waals surface area (Å²) in [6.45, 7) is 1.20. The molecule has 1 N–H and O–H groups in total. The van der Waals surface area contributed by atoms with Crippen LogP contribution in [0.25, 0.3) is 5.69 Å². The second-order valence-corrected chi connectivity index (χ2v) is 7.24. The maximum absolute atomic E-state index is 14.0. The summed E-state index contributed by atoms with van der Waals surface area (Å²) in [5, 5.41) is 25.2. The SMILES string of the molecule is O=C([C@@H](O)c1ccc(F)cc1F)N1CCCN1Cc1cc(Cl)ccc1-n1cnnn1. The summed E-state index contributed by atoms with van der Waals surface area (Å²) in [7, 11) is 0. The third-order valence-electron chi connectivity index (χ3n) is 4.86. The van der Waals surface area contributed by atoms with Crippen molar-refractivity contribution >= 4 is 17.5 Å². The van der Waals surface area contributed by atoms with Gasteiger partial charge in [0.1, 0.15) is 18.0 Å². The lowest BCUT2D eigenvalue weighted by atomic mass is 10.1. The number of aliphatic hydroxyl groups is 1. The summed E-state index contributed by atoms with van der Waals surface area (Å²) in [5.41, 5.74) is 1.18. The normalized spacial score (nSPS) is 15.5. The van der Waals surface area contributed by atoms with Crippen molar-refractivity contribution in [2.24, 2.45) is 0 Å². The first-order valence-electron chi connectivity index (χ1n) is 9.15. The van der Waals surface area contributed by atoms with Crippen LogP contribution in [0.5, 0.6) is 0 Å². The smallest absolute Gasteiger partial charge is 0.270 e. The molecule has 1 atom stereocenters. The molecule has 2 aromatic carbocycles. The first kappa shape index (κ1) is 20.3. The van der Waals surface area contributed by atoms with Crippen LogP contribution < -0.4 is 0 Å². The van der Waals surface area contributed by atoms with E-state index in [-0.39, 0.29) is 5.56 Å². The van der Waals surface area contributed by atoms with Crippen molar-refractivity contribution in [1.82, 2.24) is 30.2 Å². The molecule has 0 unspecified atom stereocenters. The van der Waals surface area contributed by atoms with Crippen LogP contribution in [0.2, 0.25) is 5.02 Å². The number of amides is 1. The number of aromatic nitrogens is 4. The van der Waals surface area contributed by atoms with E-state index in [4.69, 9.17) is 11.6 Å². The van der Waals surface area contributed by atoms with Gasteiger partial charge >= 0.3 is 0 Å². The monoisotopic (exact) mass is 434 g/mol. The molecule has 0 spiro atoms. The number of hydrogen-bond donors (Lipinski definition) is 1. The van der Waals surface area contributed by atoms with Gasteiger partial charge in [-0.25, -0.2) is 18.5 Å². The van der Waals surface area contributed by atoms with Gasteiger partial charge in [0.15, 0.2) is 6.10 Å². The molecule has 4 rings (SSSR count). The number of hydrogen-bond acceptors (Lipinski definition) is 6. The lowest BCUT2D eigenvalue weighted by molar-refractivity contribution is -0.154. The Bertz CT molecular complexity index is 1070. The molecular weight excluding hydrogens is 418 g/mol. The Labute approximate surface area is 175 Å². The minimum Gasteiger partial charge on any atom is -0.378 e. The third-order valence-corrected chi connectivity index (χ3v) is 5.10. The van der Waals surface area contributed by atoms with Gasteiger partial charge in [-0.1, -0.05) is 17.7 Å². The zero-order chi connectivity index (χ0) is 21.3. The van der Waals surface area contributed by atoms with Crippen molar-refractivity contribution < 1.29 is 18.7 Å². The van der Waals surface area contributed by atoms with Crippen LogP contribution in [0, 0.1) is 11.6 Å². The summed E-state index contributed by atoms with van der Waals surface area (Å²) < 4.78 is 28.7. The Morgan fingerprint density at radius 1 is 1.20 bits per heavy atom. The van der Waals surface area contributed by atoms with Crippen molar-refractivity contribution in [2.75, 3.05) is 13.1 Å². The van der Waals surface area contributed by atoms with E-state index in [9.17, 15) is 18.7 Å². The molecule has 156 valence electrons. The molecule has 0 saturated carbocycles. The van der Waals surface area contributed by atoms with E-state index >= 15 is 0 Å². The number of tetrazole rings is 1. The Hall–Kier alpha value is -2.95. The lowest BCUT2D eigenvalue weighted by Gasteiger charge is -2.30. The largest absolute Gasteiger partial charge is 0.378 e. The molecule has 1 aliphatic rings. The molecule has 0 bridgehead atoms. The van der Waals surface area contributed by atoms with Gasteiger partial charge in [-0.2, -0.15) is 0 Å². The third kappa shape index (κ3) is 4.02. The molecule has 3 aromatic rings. The molecule has 2 heterocycles. The second kappa shape index (κ2) is 8.42. The highest BCUT2D eigenvalue weighted by molar-refractivity contribution is 6.30. The minimum absolute atomic E-state index is 0.273.